The molecule has 1 saturated heterocycles. The molecule has 1 N–H and O–H groups in total. The van der Waals surface area contributed by atoms with Gasteiger partial charge in [0, 0.05) is 33.9 Å². The van der Waals surface area contributed by atoms with E-state index in [1.165, 1.54) is 0 Å². The van der Waals surface area contributed by atoms with Gasteiger partial charge in [-0.05, 0) is 24.2 Å². The number of rotatable bonds is 6. The summed E-state index contributed by atoms with van der Waals surface area (Å²) in [4.78, 5) is 1.98. The van der Waals surface area contributed by atoms with E-state index in [1.807, 2.05) is 24.0 Å². The van der Waals surface area contributed by atoms with E-state index < -0.39 is 0 Å². The molecule has 1 heterocycles. The lowest BCUT2D eigenvalue weighted by molar-refractivity contribution is -0.00461. The second-order valence-corrected chi connectivity index (χ2v) is 5.02. The molecular formula is C15H23FN2O2. The topological polar surface area (TPSA) is 33.7 Å². The Bertz CT molecular complexity index is 430. The molecule has 0 spiro atoms. The monoisotopic (exact) mass is 282 g/mol. The summed E-state index contributed by atoms with van der Waals surface area (Å²) in [6.07, 6.45) is -0.0262. The van der Waals surface area contributed by atoms with E-state index >= 15 is 0 Å². The number of nitrogens with zero attached hydrogens (tertiary/aromatic N) is 1. The van der Waals surface area contributed by atoms with Crippen molar-refractivity contribution in [3.05, 3.63) is 29.6 Å². The van der Waals surface area contributed by atoms with Crippen molar-refractivity contribution in [2.24, 2.45) is 0 Å². The Kier molecular flexibility index (Phi) is 5.34. The summed E-state index contributed by atoms with van der Waals surface area (Å²) < 4.78 is 25.0. The van der Waals surface area contributed by atoms with Crippen LogP contribution in [0.15, 0.2) is 18.2 Å². The normalized spacial score (nSPS) is 22.5. The Morgan fingerprint density at radius 1 is 1.25 bits per heavy atom. The molecule has 5 heteroatoms. The van der Waals surface area contributed by atoms with Gasteiger partial charge < -0.3 is 19.7 Å². The first kappa shape index (κ1) is 15.2. The van der Waals surface area contributed by atoms with Gasteiger partial charge in [-0.3, -0.25) is 0 Å². The maximum atomic E-state index is 14.2. The van der Waals surface area contributed by atoms with Crippen LogP contribution in [-0.4, -0.2) is 46.1 Å². The van der Waals surface area contributed by atoms with Crippen molar-refractivity contribution in [2.75, 3.05) is 38.8 Å². The highest BCUT2D eigenvalue weighted by atomic mass is 19.1. The quantitative estimate of drug-likeness (QED) is 0.862. The van der Waals surface area contributed by atoms with Gasteiger partial charge in [-0.1, -0.05) is 13.0 Å². The minimum absolute atomic E-state index is 0.0131. The third-order valence-electron chi connectivity index (χ3n) is 3.75. The molecule has 4 nitrogen and oxygen atoms in total. The van der Waals surface area contributed by atoms with Gasteiger partial charge in [-0.25, -0.2) is 4.39 Å². The fourth-order valence-electron chi connectivity index (χ4n) is 2.58. The number of nitrogens with one attached hydrogen (secondary N) is 1. The Hall–Kier alpha value is -1.17. The number of hydrogen-bond donors (Lipinski definition) is 1. The smallest absolute Gasteiger partial charge is 0.146 e. The summed E-state index contributed by atoms with van der Waals surface area (Å²) in [6, 6.07) is 5.40. The lowest BCUT2D eigenvalue weighted by atomic mass is 10.2. The second-order valence-electron chi connectivity index (χ2n) is 5.02. The molecule has 1 aromatic rings. The number of ether oxygens (including phenoxy) is 2. The van der Waals surface area contributed by atoms with E-state index in [1.54, 1.807) is 20.3 Å². The zero-order chi connectivity index (χ0) is 14.5. The largest absolute Gasteiger partial charge is 0.377 e. The SMILES string of the molecule is CCNCc1ccc(N2CC(OC)C(OC)C2)c(F)c1. The van der Waals surface area contributed by atoms with Crippen molar-refractivity contribution in [3.63, 3.8) is 0 Å². The third-order valence-corrected chi connectivity index (χ3v) is 3.75. The van der Waals surface area contributed by atoms with Gasteiger partial charge in [0.15, 0.2) is 0 Å². The zero-order valence-corrected chi connectivity index (χ0v) is 12.4. The maximum absolute atomic E-state index is 14.2. The van der Waals surface area contributed by atoms with E-state index in [0.29, 0.717) is 25.3 Å². The summed E-state index contributed by atoms with van der Waals surface area (Å²) in [5, 5.41) is 3.19. The molecule has 0 bridgehead atoms. The standard InChI is InChI=1S/C15H23FN2O2/c1-4-17-8-11-5-6-13(12(16)7-11)18-9-14(19-2)15(10-18)20-3/h5-7,14-15,17H,4,8-10H2,1-3H3. The second kappa shape index (κ2) is 7.02. The molecule has 0 amide bonds. The lowest BCUT2D eigenvalue weighted by Crippen LogP contribution is -2.27. The lowest BCUT2D eigenvalue weighted by Gasteiger charge is -2.19. The molecule has 20 heavy (non-hydrogen) atoms. The molecule has 2 rings (SSSR count). The van der Waals surface area contributed by atoms with Gasteiger partial charge >= 0.3 is 0 Å². The van der Waals surface area contributed by atoms with Crippen molar-refractivity contribution >= 4 is 5.69 Å². The molecular weight excluding hydrogens is 259 g/mol. The van der Waals surface area contributed by atoms with Crippen LogP contribution in [-0.2, 0) is 16.0 Å². The molecule has 0 aliphatic carbocycles. The van der Waals surface area contributed by atoms with Gasteiger partial charge in [0.2, 0.25) is 0 Å². The first-order chi connectivity index (χ1) is 9.69. The number of benzene rings is 1. The fourth-order valence-corrected chi connectivity index (χ4v) is 2.58. The van der Waals surface area contributed by atoms with Crippen LogP contribution in [0.4, 0.5) is 10.1 Å². The molecule has 1 aromatic carbocycles. The average molecular weight is 282 g/mol. The van der Waals surface area contributed by atoms with Crippen LogP contribution in [0.3, 0.4) is 0 Å². The summed E-state index contributed by atoms with van der Waals surface area (Å²) >= 11 is 0. The van der Waals surface area contributed by atoms with E-state index in [-0.39, 0.29) is 18.0 Å². The van der Waals surface area contributed by atoms with Crippen LogP contribution in [0.5, 0.6) is 0 Å². The van der Waals surface area contributed by atoms with Crippen LogP contribution in [0.25, 0.3) is 0 Å². The maximum Gasteiger partial charge on any atom is 0.146 e. The Morgan fingerprint density at radius 2 is 1.90 bits per heavy atom. The van der Waals surface area contributed by atoms with E-state index in [4.69, 9.17) is 9.47 Å². The molecule has 0 aromatic heterocycles. The zero-order valence-electron chi connectivity index (χ0n) is 12.4. The highest BCUT2D eigenvalue weighted by Crippen LogP contribution is 2.26. The summed E-state index contributed by atoms with van der Waals surface area (Å²) in [5.74, 6) is -0.188. The highest BCUT2D eigenvalue weighted by molar-refractivity contribution is 5.50. The number of hydrogen-bond acceptors (Lipinski definition) is 4. The first-order valence-electron chi connectivity index (χ1n) is 6.99. The summed E-state index contributed by atoms with van der Waals surface area (Å²) in [6.45, 7) is 4.90. The molecule has 0 radical (unpaired) electrons. The van der Waals surface area contributed by atoms with Crippen molar-refractivity contribution in [1.29, 1.82) is 0 Å². The van der Waals surface area contributed by atoms with Gasteiger partial charge in [-0.2, -0.15) is 0 Å². The Labute approximate surface area is 119 Å². The molecule has 1 aliphatic heterocycles. The minimum Gasteiger partial charge on any atom is -0.377 e. The van der Waals surface area contributed by atoms with Crippen LogP contribution < -0.4 is 10.2 Å². The molecule has 0 saturated carbocycles. The van der Waals surface area contributed by atoms with E-state index in [9.17, 15) is 4.39 Å². The van der Waals surface area contributed by atoms with Crippen LogP contribution in [0.1, 0.15) is 12.5 Å². The molecule has 112 valence electrons. The van der Waals surface area contributed by atoms with Crippen LogP contribution in [0, 0.1) is 5.82 Å². The average Bonchev–Trinajstić information content (AvgIpc) is 2.88. The molecule has 1 aliphatic rings. The van der Waals surface area contributed by atoms with Crippen molar-refractivity contribution in [1.82, 2.24) is 5.32 Å². The van der Waals surface area contributed by atoms with Gasteiger partial charge in [0.25, 0.3) is 0 Å². The third kappa shape index (κ3) is 3.29. The van der Waals surface area contributed by atoms with E-state index in [2.05, 4.69) is 5.32 Å². The van der Waals surface area contributed by atoms with Crippen molar-refractivity contribution in [2.45, 2.75) is 25.7 Å². The van der Waals surface area contributed by atoms with Crippen LogP contribution in [0.2, 0.25) is 0 Å². The molecule has 2 atom stereocenters. The van der Waals surface area contributed by atoms with Gasteiger partial charge in [0.1, 0.15) is 18.0 Å². The number of anilines is 1. The van der Waals surface area contributed by atoms with Gasteiger partial charge in [0.05, 0.1) is 5.69 Å². The minimum atomic E-state index is -0.188. The van der Waals surface area contributed by atoms with Crippen molar-refractivity contribution < 1.29 is 13.9 Å². The van der Waals surface area contributed by atoms with Gasteiger partial charge in [-0.15, -0.1) is 0 Å². The molecule has 2 unspecified atom stereocenters. The van der Waals surface area contributed by atoms with Crippen molar-refractivity contribution in [3.8, 4) is 0 Å². The fraction of sp³-hybridized carbons (Fsp3) is 0.600. The Morgan fingerprint density at radius 3 is 2.40 bits per heavy atom. The highest BCUT2D eigenvalue weighted by Gasteiger charge is 2.34. The van der Waals surface area contributed by atoms with E-state index in [0.717, 1.165) is 12.1 Å². The van der Waals surface area contributed by atoms with Crippen LogP contribution >= 0.6 is 0 Å². The Balaban J connectivity index is 2.09. The first-order valence-corrected chi connectivity index (χ1v) is 6.99. The predicted octanol–water partition coefficient (Wildman–Crippen LogP) is 1.79. The molecule has 1 fully saturated rings. The summed E-state index contributed by atoms with van der Waals surface area (Å²) in [7, 11) is 3.33. The summed E-state index contributed by atoms with van der Waals surface area (Å²) in [5.41, 5.74) is 1.57. The number of halogens is 1. The predicted molar refractivity (Wildman–Crippen MR) is 77.6 cm³/mol. The number of methoxy groups -OCH3 is 2.